The molecule has 18 heavy (non-hydrogen) atoms. The van der Waals surface area contributed by atoms with Crippen LogP contribution in [0.2, 0.25) is 0 Å². The number of alkyl halides is 3. The first-order valence-electron chi connectivity index (χ1n) is 5.91. The molecule has 1 heterocycles. The number of ether oxygens (including phenoxy) is 1. The van der Waals surface area contributed by atoms with Gasteiger partial charge in [-0.15, -0.1) is 13.2 Å². The van der Waals surface area contributed by atoms with Crippen LogP contribution < -0.4 is 5.73 Å². The Kier molecular flexibility index (Phi) is 5.15. The van der Waals surface area contributed by atoms with Crippen LogP contribution in [0.4, 0.5) is 13.2 Å². The normalized spacial score (nSPS) is 12.1. The average Bonchev–Trinajstić information content (AvgIpc) is 2.64. The quantitative estimate of drug-likeness (QED) is 0.856. The van der Waals surface area contributed by atoms with Crippen LogP contribution >= 0.6 is 0 Å². The molecule has 0 radical (unpaired) electrons. The topological polar surface area (TPSA) is 53.1 Å². The average molecular weight is 265 g/mol. The zero-order valence-electron chi connectivity index (χ0n) is 10.5. The maximum absolute atomic E-state index is 11.9. The number of rotatable bonds is 6. The van der Waals surface area contributed by atoms with Gasteiger partial charge >= 0.3 is 6.36 Å². The van der Waals surface area contributed by atoms with Gasteiger partial charge in [0.1, 0.15) is 0 Å². The van der Waals surface area contributed by atoms with Crippen LogP contribution in [0.1, 0.15) is 30.8 Å². The fourth-order valence-corrected chi connectivity index (χ4v) is 1.94. The molecule has 1 aromatic heterocycles. The predicted octanol–water partition coefficient (Wildman–Crippen LogP) is 2.00. The first-order chi connectivity index (χ1) is 8.42. The van der Waals surface area contributed by atoms with Gasteiger partial charge < -0.3 is 5.73 Å². The number of hydrogen-bond acceptors (Lipinski definition) is 3. The van der Waals surface area contributed by atoms with Crippen molar-refractivity contribution in [3.8, 4) is 0 Å². The Morgan fingerprint density at radius 1 is 1.28 bits per heavy atom. The van der Waals surface area contributed by atoms with E-state index < -0.39 is 13.0 Å². The van der Waals surface area contributed by atoms with Gasteiger partial charge in [-0.05, 0) is 12.8 Å². The van der Waals surface area contributed by atoms with E-state index in [9.17, 15) is 13.2 Å². The SMILES string of the molecule is CCc1nn(CCOC(F)(F)F)c(CC)c1CN. The monoisotopic (exact) mass is 265 g/mol. The minimum atomic E-state index is -4.59. The van der Waals surface area contributed by atoms with E-state index in [2.05, 4.69) is 9.84 Å². The summed E-state index contributed by atoms with van der Waals surface area (Å²) in [6.45, 7) is 3.86. The highest BCUT2D eigenvalue weighted by Crippen LogP contribution is 2.18. The fourth-order valence-electron chi connectivity index (χ4n) is 1.94. The molecule has 104 valence electrons. The van der Waals surface area contributed by atoms with E-state index in [1.54, 1.807) is 4.68 Å². The van der Waals surface area contributed by atoms with Gasteiger partial charge in [-0.2, -0.15) is 5.10 Å². The molecule has 0 amide bonds. The fraction of sp³-hybridized carbons (Fsp3) is 0.727. The first-order valence-corrected chi connectivity index (χ1v) is 5.91. The third kappa shape index (κ3) is 3.71. The highest BCUT2D eigenvalue weighted by Gasteiger charge is 2.28. The van der Waals surface area contributed by atoms with Crippen LogP contribution in [0.25, 0.3) is 0 Å². The van der Waals surface area contributed by atoms with Gasteiger partial charge in [-0.3, -0.25) is 9.42 Å². The zero-order chi connectivity index (χ0) is 13.8. The lowest BCUT2D eigenvalue weighted by molar-refractivity contribution is -0.325. The van der Waals surface area contributed by atoms with Crippen molar-refractivity contribution in [2.45, 2.75) is 46.1 Å². The van der Waals surface area contributed by atoms with Gasteiger partial charge in [0.2, 0.25) is 0 Å². The molecule has 2 N–H and O–H groups in total. The molecule has 0 saturated carbocycles. The summed E-state index contributed by atoms with van der Waals surface area (Å²) in [5.41, 5.74) is 8.32. The molecule has 7 heteroatoms. The number of nitrogens with zero attached hydrogens (tertiary/aromatic N) is 2. The molecule has 0 aliphatic rings. The van der Waals surface area contributed by atoms with Gasteiger partial charge in [-0.1, -0.05) is 13.8 Å². The lowest BCUT2D eigenvalue weighted by atomic mass is 10.1. The standard InChI is InChI=1S/C11H18F3N3O/c1-3-9-8(7-15)10(4-2)17(16-9)5-6-18-11(12,13)14/h3-7,15H2,1-2H3. The van der Waals surface area contributed by atoms with Crippen molar-refractivity contribution in [3.63, 3.8) is 0 Å². The molecule has 0 aliphatic carbocycles. The lowest BCUT2D eigenvalue weighted by Gasteiger charge is -2.09. The van der Waals surface area contributed by atoms with Crippen molar-refractivity contribution < 1.29 is 17.9 Å². The van der Waals surface area contributed by atoms with Gasteiger partial charge in [0.05, 0.1) is 18.8 Å². The Morgan fingerprint density at radius 3 is 2.39 bits per heavy atom. The van der Waals surface area contributed by atoms with Crippen molar-refractivity contribution in [2.75, 3.05) is 6.61 Å². The number of aromatic nitrogens is 2. The van der Waals surface area contributed by atoms with E-state index in [1.807, 2.05) is 13.8 Å². The van der Waals surface area contributed by atoms with E-state index in [-0.39, 0.29) is 6.54 Å². The summed E-state index contributed by atoms with van der Waals surface area (Å²) in [6, 6.07) is 0. The molecule has 1 rings (SSSR count). The summed E-state index contributed by atoms with van der Waals surface area (Å²) >= 11 is 0. The second-order valence-electron chi connectivity index (χ2n) is 3.80. The number of hydrogen-bond donors (Lipinski definition) is 1. The highest BCUT2D eigenvalue weighted by molar-refractivity contribution is 5.26. The van der Waals surface area contributed by atoms with E-state index in [4.69, 9.17) is 5.73 Å². The van der Waals surface area contributed by atoms with Gasteiger partial charge in [0.15, 0.2) is 0 Å². The van der Waals surface area contributed by atoms with E-state index in [0.717, 1.165) is 17.0 Å². The van der Waals surface area contributed by atoms with Gasteiger partial charge in [0.25, 0.3) is 0 Å². The summed E-state index contributed by atoms with van der Waals surface area (Å²) < 4.78 is 41.0. The molecule has 0 bridgehead atoms. The highest BCUT2D eigenvalue weighted by atomic mass is 19.4. The third-order valence-corrected chi connectivity index (χ3v) is 2.69. The van der Waals surface area contributed by atoms with Crippen molar-refractivity contribution in [1.82, 2.24) is 9.78 Å². The molecule has 1 aromatic rings. The molecule has 0 aliphatic heterocycles. The molecule has 0 atom stereocenters. The zero-order valence-corrected chi connectivity index (χ0v) is 10.5. The summed E-state index contributed by atoms with van der Waals surface area (Å²) in [6.07, 6.45) is -3.19. The van der Waals surface area contributed by atoms with Crippen LogP contribution in [0, 0.1) is 0 Å². The molecule has 0 spiro atoms. The lowest BCUT2D eigenvalue weighted by Crippen LogP contribution is -2.19. The van der Waals surface area contributed by atoms with E-state index in [1.165, 1.54) is 0 Å². The smallest absolute Gasteiger partial charge is 0.326 e. The number of halogens is 3. The number of nitrogens with two attached hydrogens (primary N) is 1. The summed E-state index contributed by atoms with van der Waals surface area (Å²) in [4.78, 5) is 0. The van der Waals surface area contributed by atoms with E-state index >= 15 is 0 Å². The van der Waals surface area contributed by atoms with Crippen LogP contribution in [0.15, 0.2) is 0 Å². The summed E-state index contributed by atoms with van der Waals surface area (Å²) in [5.74, 6) is 0. The third-order valence-electron chi connectivity index (χ3n) is 2.69. The van der Waals surface area contributed by atoms with Crippen molar-refractivity contribution in [2.24, 2.45) is 5.73 Å². The Labute approximate surface area is 104 Å². The first kappa shape index (κ1) is 15.0. The minimum Gasteiger partial charge on any atom is -0.326 e. The summed E-state index contributed by atoms with van der Waals surface area (Å²) in [7, 11) is 0. The molecule has 0 saturated heterocycles. The Balaban J connectivity index is 2.79. The van der Waals surface area contributed by atoms with Crippen molar-refractivity contribution in [3.05, 3.63) is 17.0 Å². The van der Waals surface area contributed by atoms with Crippen molar-refractivity contribution in [1.29, 1.82) is 0 Å². The Hall–Kier alpha value is -1.08. The Morgan fingerprint density at radius 2 is 1.94 bits per heavy atom. The molecule has 0 aromatic carbocycles. The second-order valence-corrected chi connectivity index (χ2v) is 3.80. The van der Waals surface area contributed by atoms with Gasteiger partial charge in [-0.25, -0.2) is 0 Å². The predicted molar refractivity (Wildman–Crippen MR) is 60.9 cm³/mol. The van der Waals surface area contributed by atoms with Crippen LogP contribution in [-0.4, -0.2) is 22.7 Å². The molecular weight excluding hydrogens is 247 g/mol. The second kappa shape index (κ2) is 6.19. The molecule has 4 nitrogen and oxygen atoms in total. The largest absolute Gasteiger partial charge is 0.522 e. The van der Waals surface area contributed by atoms with Crippen LogP contribution in [0.5, 0.6) is 0 Å². The maximum atomic E-state index is 11.9. The molecule has 0 fully saturated rings. The van der Waals surface area contributed by atoms with Gasteiger partial charge in [0, 0.05) is 17.8 Å². The molecular formula is C11H18F3N3O. The van der Waals surface area contributed by atoms with Crippen LogP contribution in [-0.2, 0) is 30.7 Å². The summed E-state index contributed by atoms with van der Waals surface area (Å²) in [5, 5.41) is 4.28. The molecule has 0 unspecified atom stereocenters. The van der Waals surface area contributed by atoms with E-state index in [0.29, 0.717) is 19.4 Å². The van der Waals surface area contributed by atoms with Crippen LogP contribution in [0.3, 0.4) is 0 Å². The maximum Gasteiger partial charge on any atom is 0.522 e. The minimum absolute atomic E-state index is 0.0791. The Bertz CT molecular complexity index is 388. The number of aryl methyl sites for hydroxylation is 1. The van der Waals surface area contributed by atoms with Crippen molar-refractivity contribution >= 4 is 0 Å².